The summed E-state index contributed by atoms with van der Waals surface area (Å²) in [6, 6.07) is 21.7. The summed E-state index contributed by atoms with van der Waals surface area (Å²) in [7, 11) is 0. The predicted molar refractivity (Wildman–Crippen MR) is 128 cm³/mol. The van der Waals surface area contributed by atoms with Crippen molar-refractivity contribution in [3.8, 4) is 17.0 Å². The fourth-order valence-corrected chi connectivity index (χ4v) is 8.37. The van der Waals surface area contributed by atoms with Gasteiger partial charge in [0.25, 0.3) is 0 Å². The van der Waals surface area contributed by atoms with Crippen molar-refractivity contribution >= 4 is 35.2 Å². The van der Waals surface area contributed by atoms with Gasteiger partial charge in [-0.1, -0.05) is 0 Å². The van der Waals surface area contributed by atoms with Crippen LogP contribution >= 0.6 is 19.8 Å². The van der Waals surface area contributed by atoms with Gasteiger partial charge in [0.05, 0.1) is 0 Å². The van der Waals surface area contributed by atoms with Gasteiger partial charge in [-0.25, -0.2) is 0 Å². The van der Waals surface area contributed by atoms with Gasteiger partial charge in [0, 0.05) is 0 Å². The molecule has 1 N–H and O–H groups in total. The number of nitrogens with one attached hydrogen (secondary N) is 1. The molecule has 0 fully saturated rings. The van der Waals surface area contributed by atoms with Gasteiger partial charge in [-0.15, -0.1) is 0 Å². The molecule has 4 aromatic rings. The quantitative estimate of drug-likeness (QED) is 0.224. The SMILES string of the molecule is O=C1COc2ccc(-c3ccnc(Nc4ccccc4)n3)cc2I1Cc1ccncc1. The van der Waals surface area contributed by atoms with Crippen LogP contribution in [0.3, 0.4) is 0 Å². The molecule has 0 amide bonds. The molecule has 3 heterocycles. The van der Waals surface area contributed by atoms with Crippen molar-refractivity contribution in [2.24, 2.45) is 0 Å². The van der Waals surface area contributed by atoms with E-state index in [-0.39, 0.29) is 10.4 Å². The molecule has 0 spiro atoms. The van der Waals surface area contributed by atoms with E-state index < -0.39 is 19.8 Å². The first-order valence-corrected chi connectivity index (χ1v) is 13.4. The Labute approximate surface area is 187 Å². The van der Waals surface area contributed by atoms with Crippen LogP contribution in [-0.4, -0.2) is 25.3 Å². The van der Waals surface area contributed by atoms with Gasteiger partial charge in [0.15, 0.2) is 0 Å². The molecule has 1 aliphatic heterocycles. The minimum atomic E-state index is -2.13. The second-order valence-electron chi connectivity index (χ2n) is 6.90. The van der Waals surface area contributed by atoms with Gasteiger partial charge in [-0.3, -0.25) is 0 Å². The summed E-state index contributed by atoms with van der Waals surface area (Å²) in [6.45, 7) is 0.168. The van der Waals surface area contributed by atoms with Gasteiger partial charge in [-0.2, -0.15) is 0 Å². The van der Waals surface area contributed by atoms with E-state index in [1.807, 2.05) is 60.7 Å². The number of nitrogens with zero attached hydrogens (tertiary/aromatic N) is 3. The Morgan fingerprint density at radius 3 is 2.65 bits per heavy atom. The number of hydrogen-bond donors (Lipinski definition) is 1. The van der Waals surface area contributed by atoms with Gasteiger partial charge in [0.1, 0.15) is 0 Å². The summed E-state index contributed by atoms with van der Waals surface area (Å²) in [5.74, 6) is 1.35. The third kappa shape index (κ3) is 4.41. The first kappa shape index (κ1) is 19.6. The molecule has 6 nitrogen and oxygen atoms in total. The first-order valence-electron chi connectivity index (χ1n) is 9.76. The molecule has 0 saturated heterocycles. The molecular formula is C24H19IN4O2. The summed E-state index contributed by atoms with van der Waals surface area (Å²) in [5.41, 5.74) is 3.82. The zero-order valence-electron chi connectivity index (χ0n) is 16.5. The number of halogens is 1. The van der Waals surface area contributed by atoms with Gasteiger partial charge in [0.2, 0.25) is 0 Å². The van der Waals surface area contributed by atoms with E-state index in [2.05, 4.69) is 26.3 Å². The van der Waals surface area contributed by atoms with E-state index in [0.717, 1.165) is 36.3 Å². The number of alkyl halides is 1. The average Bonchev–Trinajstić information content (AvgIpc) is 2.82. The van der Waals surface area contributed by atoms with Crippen molar-refractivity contribution < 1.29 is 9.53 Å². The number of fused-ring (bicyclic) bond motifs is 1. The predicted octanol–water partition coefficient (Wildman–Crippen LogP) is 5.08. The second kappa shape index (κ2) is 8.81. The van der Waals surface area contributed by atoms with Crippen LogP contribution in [0.5, 0.6) is 5.75 Å². The Kier molecular flexibility index (Phi) is 5.57. The number of aromatic nitrogens is 3. The van der Waals surface area contributed by atoms with E-state index in [0.29, 0.717) is 5.95 Å². The molecule has 0 atom stereocenters. The van der Waals surface area contributed by atoms with Crippen LogP contribution in [0, 0.1) is 3.57 Å². The fraction of sp³-hybridized carbons (Fsp3) is 0.0833. The number of rotatable bonds is 5. The normalized spacial score (nSPS) is 13.9. The van der Waals surface area contributed by atoms with Gasteiger partial charge in [-0.05, 0) is 0 Å². The standard InChI is InChI=1S/C24H19IN4O2/c30-23-16-31-22-7-6-18(14-20(22)25(23)15-17-8-11-26-12-9-17)21-10-13-27-24(29-21)28-19-4-2-1-3-5-19/h1-14H,15-16H2,(H,27,28,29). The maximum absolute atomic E-state index is 12.8. The molecule has 2 aromatic carbocycles. The molecule has 0 bridgehead atoms. The Balaban J connectivity index is 1.47. The van der Waals surface area contributed by atoms with E-state index in [1.54, 1.807) is 18.6 Å². The Morgan fingerprint density at radius 2 is 1.81 bits per heavy atom. The number of ether oxygens (including phenoxy) is 1. The van der Waals surface area contributed by atoms with Crippen LogP contribution in [0.4, 0.5) is 11.6 Å². The molecule has 0 saturated carbocycles. The van der Waals surface area contributed by atoms with Gasteiger partial charge >= 0.3 is 188 Å². The van der Waals surface area contributed by atoms with Crippen molar-refractivity contribution in [3.05, 3.63) is 94.5 Å². The van der Waals surface area contributed by atoms with Crippen LogP contribution in [0.15, 0.2) is 85.3 Å². The molecule has 7 heteroatoms. The third-order valence-corrected chi connectivity index (χ3v) is 10.4. The van der Waals surface area contributed by atoms with Crippen LogP contribution < -0.4 is 10.1 Å². The summed E-state index contributed by atoms with van der Waals surface area (Å²) < 4.78 is 7.79. The summed E-state index contributed by atoms with van der Waals surface area (Å²) >= 11 is -2.13. The topological polar surface area (TPSA) is 77.0 Å². The molecule has 31 heavy (non-hydrogen) atoms. The van der Waals surface area contributed by atoms with Gasteiger partial charge < -0.3 is 0 Å². The number of benzene rings is 2. The molecule has 0 radical (unpaired) electrons. The maximum atomic E-state index is 12.8. The monoisotopic (exact) mass is 522 g/mol. The second-order valence-corrected chi connectivity index (χ2v) is 12.1. The molecule has 0 unspecified atom stereocenters. The number of pyridine rings is 1. The molecule has 154 valence electrons. The number of anilines is 2. The van der Waals surface area contributed by atoms with Crippen molar-refractivity contribution in [1.29, 1.82) is 0 Å². The fourth-order valence-electron chi connectivity index (χ4n) is 3.27. The van der Waals surface area contributed by atoms with Crippen molar-refractivity contribution in [1.82, 2.24) is 15.0 Å². The van der Waals surface area contributed by atoms with E-state index in [1.165, 1.54) is 0 Å². The molecule has 0 aliphatic carbocycles. The van der Waals surface area contributed by atoms with Crippen LogP contribution in [-0.2, 0) is 9.22 Å². The molecule has 5 rings (SSSR count). The molecule has 1 aliphatic rings. The summed E-state index contributed by atoms with van der Waals surface area (Å²) in [4.78, 5) is 25.9. The van der Waals surface area contributed by atoms with Crippen molar-refractivity contribution in [2.75, 3.05) is 11.9 Å². The number of carbonyl (C=O) groups excluding carboxylic acids is 1. The van der Waals surface area contributed by atoms with Crippen LogP contribution in [0.1, 0.15) is 5.56 Å². The first-order chi connectivity index (χ1) is 15.3. The van der Waals surface area contributed by atoms with E-state index in [4.69, 9.17) is 4.74 Å². The van der Waals surface area contributed by atoms with E-state index >= 15 is 0 Å². The molecular weight excluding hydrogens is 503 g/mol. The van der Waals surface area contributed by atoms with Crippen LogP contribution in [0.2, 0.25) is 0 Å². The summed E-state index contributed by atoms with van der Waals surface area (Å²) in [6.07, 6.45) is 5.29. The van der Waals surface area contributed by atoms with Crippen molar-refractivity contribution in [2.45, 2.75) is 4.43 Å². The average molecular weight is 522 g/mol. The zero-order chi connectivity index (χ0) is 21.0. The number of carbonyl (C=O) groups is 1. The molecule has 2 aromatic heterocycles. The van der Waals surface area contributed by atoms with E-state index in [9.17, 15) is 4.79 Å². The van der Waals surface area contributed by atoms with Crippen LogP contribution in [0.25, 0.3) is 11.3 Å². The van der Waals surface area contributed by atoms with Crippen molar-refractivity contribution in [3.63, 3.8) is 0 Å². The Bertz CT molecular complexity index is 1220. The minimum absolute atomic E-state index is 0.168. The Hall–Kier alpha value is -3.33. The summed E-state index contributed by atoms with van der Waals surface area (Å²) in [5, 5.41) is 3.23. The Morgan fingerprint density at radius 1 is 0.968 bits per heavy atom. The number of hydrogen-bond acceptors (Lipinski definition) is 6. The zero-order valence-corrected chi connectivity index (χ0v) is 18.7. The number of para-hydroxylation sites is 1. The third-order valence-electron chi connectivity index (χ3n) is 4.79.